The summed E-state index contributed by atoms with van der Waals surface area (Å²) in [5, 5.41) is 0. The standard InChI is InChI=1S/C10H18NO/c1-2-11-5-3-9(4-6-11)10-7-12-8-10/h9-10H,1-8H2. The molecule has 0 aliphatic carbocycles. The summed E-state index contributed by atoms with van der Waals surface area (Å²) in [4.78, 5) is 2.44. The molecule has 0 spiro atoms. The first-order valence-corrected chi connectivity index (χ1v) is 4.99. The van der Waals surface area contributed by atoms with E-state index in [9.17, 15) is 0 Å². The Morgan fingerprint density at radius 1 is 1.17 bits per heavy atom. The smallest absolute Gasteiger partial charge is 0.0519 e. The quantitative estimate of drug-likeness (QED) is 0.614. The fraction of sp³-hybridized carbons (Fsp3) is 0.900. The van der Waals surface area contributed by atoms with Crippen LogP contribution in [0.4, 0.5) is 0 Å². The van der Waals surface area contributed by atoms with E-state index in [4.69, 9.17) is 4.74 Å². The molecule has 1 radical (unpaired) electrons. The number of piperidine rings is 1. The fourth-order valence-corrected chi connectivity index (χ4v) is 2.17. The lowest BCUT2D eigenvalue weighted by Gasteiger charge is -2.39. The first kappa shape index (κ1) is 8.52. The zero-order valence-electron chi connectivity index (χ0n) is 7.67. The molecule has 0 amide bonds. The van der Waals surface area contributed by atoms with Crippen molar-refractivity contribution in [1.29, 1.82) is 0 Å². The monoisotopic (exact) mass is 168 g/mol. The van der Waals surface area contributed by atoms with Gasteiger partial charge in [-0.25, -0.2) is 0 Å². The topological polar surface area (TPSA) is 12.5 Å². The maximum absolute atomic E-state index is 5.22. The summed E-state index contributed by atoms with van der Waals surface area (Å²) in [5.74, 6) is 1.83. The zero-order chi connectivity index (χ0) is 8.39. The highest BCUT2D eigenvalue weighted by molar-refractivity contribution is 4.81. The number of hydrogen-bond acceptors (Lipinski definition) is 2. The predicted molar refractivity (Wildman–Crippen MR) is 48.8 cm³/mol. The minimum absolute atomic E-state index is 0.886. The van der Waals surface area contributed by atoms with Gasteiger partial charge in [-0.1, -0.05) is 0 Å². The van der Waals surface area contributed by atoms with Gasteiger partial charge in [-0.05, 0) is 45.3 Å². The molecule has 0 saturated carbocycles. The molecule has 2 aliphatic rings. The molecular formula is C10H18NO. The number of likely N-dealkylation sites (tertiary alicyclic amines) is 1. The summed E-state index contributed by atoms with van der Waals surface area (Å²) in [7, 11) is 0. The van der Waals surface area contributed by atoms with Crippen LogP contribution in [0.1, 0.15) is 12.8 Å². The molecule has 0 bridgehead atoms. The summed E-state index contributed by atoms with van der Waals surface area (Å²) in [6, 6.07) is 0. The third kappa shape index (κ3) is 1.64. The highest BCUT2D eigenvalue weighted by atomic mass is 16.5. The summed E-state index contributed by atoms with van der Waals surface area (Å²) in [6.07, 6.45) is 2.73. The molecule has 2 heteroatoms. The van der Waals surface area contributed by atoms with Gasteiger partial charge in [-0.2, -0.15) is 0 Å². The molecule has 12 heavy (non-hydrogen) atoms. The van der Waals surface area contributed by atoms with Crippen LogP contribution in [0.5, 0.6) is 0 Å². The van der Waals surface area contributed by atoms with Gasteiger partial charge in [0.25, 0.3) is 0 Å². The van der Waals surface area contributed by atoms with Gasteiger partial charge in [0.05, 0.1) is 13.2 Å². The van der Waals surface area contributed by atoms with E-state index in [1.54, 1.807) is 0 Å². The van der Waals surface area contributed by atoms with E-state index in [1.807, 2.05) is 0 Å². The van der Waals surface area contributed by atoms with Gasteiger partial charge < -0.3 is 9.64 Å². The van der Waals surface area contributed by atoms with Gasteiger partial charge in [0.15, 0.2) is 0 Å². The average molecular weight is 168 g/mol. The van der Waals surface area contributed by atoms with E-state index < -0.39 is 0 Å². The summed E-state index contributed by atoms with van der Waals surface area (Å²) in [6.45, 7) is 9.45. The molecule has 2 fully saturated rings. The van der Waals surface area contributed by atoms with Crippen LogP contribution in [0.15, 0.2) is 0 Å². The van der Waals surface area contributed by atoms with Crippen molar-refractivity contribution in [2.45, 2.75) is 12.8 Å². The van der Waals surface area contributed by atoms with E-state index in [-0.39, 0.29) is 0 Å². The molecule has 0 N–H and O–H groups in total. The molecule has 2 heterocycles. The number of nitrogens with zero attached hydrogens (tertiary/aromatic N) is 1. The van der Waals surface area contributed by atoms with Gasteiger partial charge in [0.1, 0.15) is 0 Å². The van der Waals surface area contributed by atoms with Crippen molar-refractivity contribution in [1.82, 2.24) is 4.90 Å². The van der Waals surface area contributed by atoms with Crippen LogP contribution in [0.25, 0.3) is 0 Å². The maximum atomic E-state index is 5.22. The molecular weight excluding hydrogens is 150 g/mol. The van der Waals surface area contributed by atoms with E-state index in [1.165, 1.54) is 25.9 Å². The second kappa shape index (κ2) is 3.75. The van der Waals surface area contributed by atoms with Crippen LogP contribution in [-0.2, 0) is 4.74 Å². The Labute approximate surface area is 74.9 Å². The largest absolute Gasteiger partial charge is 0.381 e. The molecule has 0 aromatic rings. The fourth-order valence-electron chi connectivity index (χ4n) is 2.17. The first-order valence-electron chi connectivity index (χ1n) is 4.99. The van der Waals surface area contributed by atoms with Crippen molar-refractivity contribution in [2.75, 3.05) is 32.8 Å². The Morgan fingerprint density at radius 3 is 2.25 bits per heavy atom. The lowest BCUT2D eigenvalue weighted by atomic mass is 9.83. The van der Waals surface area contributed by atoms with Crippen molar-refractivity contribution in [3.05, 3.63) is 6.92 Å². The molecule has 2 saturated heterocycles. The van der Waals surface area contributed by atoms with Crippen LogP contribution in [0, 0.1) is 18.8 Å². The third-order valence-electron chi connectivity index (χ3n) is 3.28. The highest BCUT2D eigenvalue weighted by Crippen LogP contribution is 2.29. The molecule has 0 aromatic heterocycles. The van der Waals surface area contributed by atoms with Gasteiger partial charge in [-0.3, -0.25) is 0 Å². The van der Waals surface area contributed by atoms with Crippen molar-refractivity contribution in [2.24, 2.45) is 11.8 Å². The summed E-state index contributed by atoms with van der Waals surface area (Å²) < 4.78 is 5.22. The third-order valence-corrected chi connectivity index (χ3v) is 3.28. The first-order chi connectivity index (χ1) is 5.90. The highest BCUT2D eigenvalue weighted by Gasteiger charge is 2.30. The SMILES string of the molecule is [CH2]CN1CCC(C2COC2)CC1. The normalized spacial score (nSPS) is 28.8. The maximum Gasteiger partial charge on any atom is 0.0519 e. The lowest BCUT2D eigenvalue weighted by molar-refractivity contribution is -0.0717. The Morgan fingerprint density at radius 2 is 1.83 bits per heavy atom. The molecule has 0 aromatic carbocycles. The van der Waals surface area contributed by atoms with Gasteiger partial charge in [0.2, 0.25) is 0 Å². The van der Waals surface area contributed by atoms with Crippen LogP contribution in [0.3, 0.4) is 0 Å². The van der Waals surface area contributed by atoms with Gasteiger partial charge in [-0.15, -0.1) is 0 Å². The van der Waals surface area contributed by atoms with Crippen LogP contribution >= 0.6 is 0 Å². The molecule has 2 nitrogen and oxygen atoms in total. The van der Waals surface area contributed by atoms with E-state index >= 15 is 0 Å². The van der Waals surface area contributed by atoms with E-state index in [2.05, 4.69) is 11.8 Å². The molecule has 0 atom stereocenters. The molecule has 0 unspecified atom stereocenters. The Bertz CT molecular complexity index is 137. The predicted octanol–water partition coefficient (Wildman–Crippen LogP) is 1.18. The number of rotatable bonds is 2. The van der Waals surface area contributed by atoms with Crippen LogP contribution in [-0.4, -0.2) is 37.7 Å². The van der Waals surface area contributed by atoms with Crippen molar-refractivity contribution in [3.63, 3.8) is 0 Å². The van der Waals surface area contributed by atoms with Crippen molar-refractivity contribution < 1.29 is 4.74 Å². The summed E-state index contributed by atoms with van der Waals surface area (Å²) in [5.41, 5.74) is 0. The minimum atomic E-state index is 0.886. The number of hydrogen-bond donors (Lipinski definition) is 0. The van der Waals surface area contributed by atoms with Crippen molar-refractivity contribution in [3.8, 4) is 0 Å². The molecule has 2 aliphatic heterocycles. The molecule has 69 valence electrons. The Kier molecular flexibility index (Phi) is 2.66. The Balaban J connectivity index is 1.74. The van der Waals surface area contributed by atoms with E-state index in [0.29, 0.717) is 0 Å². The van der Waals surface area contributed by atoms with Crippen LogP contribution < -0.4 is 0 Å². The second-order valence-corrected chi connectivity index (χ2v) is 3.98. The summed E-state index contributed by atoms with van der Waals surface area (Å²) >= 11 is 0. The van der Waals surface area contributed by atoms with E-state index in [0.717, 1.165) is 31.6 Å². The second-order valence-electron chi connectivity index (χ2n) is 3.98. The van der Waals surface area contributed by atoms with Gasteiger partial charge in [0, 0.05) is 5.92 Å². The minimum Gasteiger partial charge on any atom is -0.381 e. The number of ether oxygens (including phenoxy) is 1. The van der Waals surface area contributed by atoms with Gasteiger partial charge >= 0.3 is 0 Å². The average Bonchev–Trinajstić information content (AvgIpc) is 2.03. The van der Waals surface area contributed by atoms with Crippen LogP contribution in [0.2, 0.25) is 0 Å². The Hall–Kier alpha value is -0.0800. The lowest BCUT2D eigenvalue weighted by Crippen LogP contribution is -2.41. The zero-order valence-corrected chi connectivity index (χ0v) is 7.67. The van der Waals surface area contributed by atoms with Crippen molar-refractivity contribution >= 4 is 0 Å². The molecule has 2 rings (SSSR count).